The molecule has 0 saturated carbocycles. The van der Waals surface area contributed by atoms with Crippen LogP contribution in [0.25, 0.3) is 87.7 Å². The molecule has 0 atom stereocenters. The van der Waals surface area contributed by atoms with Crippen molar-refractivity contribution in [2.45, 2.75) is 67.2 Å². The standard InChI is InChI=1S/C72H60N2O2/c1-43(2)51-27-17-29-57(35-51)73(69-45(5)19-15-20-46(69)6)59-33-31-53-39-61-63(41-55(53)37-59)75-71-66(50-25-13-10-14-26-50)68-62-40-54-32-34-60(38-56(54)42-64(62)76-72(68)65(67(61)71)49-23-11-9-12-24-49)74(70-47(7)21-16-22-48(70)8)58-30-18-28-52(36-58)44(3)4/h9-44H,1-8H3. The van der Waals surface area contributed by atoms with Gasteiger partial charge in [-0.1, -0.05) is 161 Å². The number of anilines is 6. The highest BCUT2D eigenvalue weighted by molar-refractivity contribution is 6.31. The van der Waals surface area contributed by atoms with Crippen molar-refractivity contribution in [3.63, 3.8) is 0 Å². The summed E-state index contributed by atoms with van der Waals surface area (Å²) in [7, 11) is 0. The number of hydrogen-bond acceptors (Lipinski definition) is 4. The summed E-state index contributed by atoms with van der Waals surface area (Å²) in [6.45, 7) is 17.9. The van der Waals surface area contributed by atoms with E-state index in [1.54, 1.807) is 0 Å². The number of rotatable bonds is 10. The molecular weight excluding hydrogens is 925 g/mol. The van der Waals surface area contributed by atoms with E-state index in [4.69, 9.17) is 8.83 Å². The van der Waals surface area contributed by atoms with Crippen molar-refractivity contribution in [1.29, 1.82) is 0 Å². The number of fused-ring (bicyclic) bond motifs is 8. The summed E-state index contributed by atoms with van der Waals surface area (Å²) in [5.41, 5.74) is 21.9. The van der Waals surface area contributed by atoms with E-state index >= 15 is 0 Å². The van der Waals surface area contributed by atoms with Crippen LogP contribution in [0.1, 0.15) is 72.9 Å². The first kappa shape index (κ1) is 46.9. The first-order valence-electron chi connectivity index (χ1n) is 26.8. The molecule has 0 aliphatic rings. The zero-order valence-electron chi connectivity index (χ0n) is 44.5. The Hall–Kier alpha value is -8.86. The van der Waals surface area contributed by atoms with Crippen LogP contribution in [-0.4, -0.2) is 0 Å². The van der Waals surface area contributed by atoms with Crippen LogP contribution in [0.3, 0.4) is 0 Å². The normalized spacial score (nSPS) is 11.9. The molecule has 76 heavy (non-hydrogen) atoms. The number of nitrogens with zero attached hydrogens (tertiary/aromatic N) is 2. The van der Waals surface area contributed by atoms with Crippen LogP contribution in [0.5, 0.6) is 0 Å². The lowest BCUT2D eigenvalue weighted by Crippen LogP contribution is -2.13. The fourth-order valence-electron chi connectivity index (χ4n) is 11.9. The van der Waals surface area contributed by atoms with Crippen LogP contribution in [-0.2, 0) is 0 Å². The Bertz CT molecular complexity index is 4080. The lowest BCUT2D eigenvalue weighted by atomic mass is 9.90. The van der Waals surface area contributed by atoms with Gasteiger partial charge in [0.05, 0.1) is 11.4 Å². The van der Waals surface area contributed by atoms with Gasteiger partial charge in [0.2, 0.25) is 0 Å². The lowest BCUT2D eigenvalue weighted by Gasteiger charge is -2.29. The van der Waals surface area contributed by atoms with E-state index in [1.807, 2.05) is 0 Å². The summed E-state index contributed by atoms with van der Waals surface area (Å²) in [5.74, 6) is 0.799. The van der Waals surface area contributed by atoms with Gasteiger partial charge in [-0.25, -0.2) is 0 Å². The highest BCUT2D eigenvalue weighted by Gasteiger charge is 2.28. The Morgan fingerprint density at radius 2 is 0.697 bits per heavy atom. The predicted molar refractivity (Wildman–Crippen MR) is 323 cm³/mol. The molecule has 13 aromatic rings. The highest BCUT2D eigenvalue weighted by Crippen LogP contribution is 2.52. The summed E-state index contributed by atoms with van der Waals surface area (Å²) in [5, 5.41) is 8.65. The Labute approximate surface area is 445 Å². The third kappa shape index (κ3) is 7.82. The average molecular weight is 985 g/mol. The van der Waals surface area contributed by atoms with E-state index in [-0.39, 0.29) is 0 Å². The molecule has 2 aromatic heterocycles. The molecule has 370 valence electrons. The van der Waals surface area contributed by atoms with Crippen LogP contribution < -0.4 is 9.80 Å². The molecule has 4 heteroatoms. The van der Waals surface area contributed by atoms with Crippen molar-refractivity contribution in [1.82, 2.24) is 0 Å². The Morgan fingerprint density at radius 3 is 1.08 bits per heavy atom. The number of aryl methyl sites for hydroxylation is 4. The van der Waals surface area contributed by atoms with Crippen molar-refractivity contribution in [2.75, 3.05) is 9.80 Å². The SMILES string of the molecule is Cc1cccc(C)c1N(c1cccc(C(C)C)c1)c1ccc2cc3c(cc2c1)oc1c(-c2ccccc2)c2c(oc4cc5cc(N(c6cccc(C(C)C)c6)c6c(C)cccc6C)ccc5cc42)c(-c2ccccc2)c13. The minimum absolute atomic E-state index is 0.399. The molecule has 11 aromatic carbocycles. The fraction of sp³-hybridized carbons (Fsp3) is 0.139. The Balaban J connectivity index is 1.05. The Morgan fingerprint density at radius 1 is 0.329 bits per heavy atom. The number of hydrogen-bond donors (Lipinski definition) is 0. The van der Waals surface area contributed by atoms with Gasteiger partial charge in [-0.2, -0.15) is 0 Å². The maximum Gasteiger partial charge on any atom is 0.144 e. The molecule has 0 fully saturated rings. The van der Waals surface area contributed by atoms with Gasteiger partial charge in [-0.15, -0.1) is 0 Å². The van der Waals surface area contributed by atoms with E-state index in [0.29, 0.717) is 11.8 Å². The molecule has 0 saturated heterocycles. The van der Waals surface area contributed by atoms with Crippen molar-refractivity contribution in [2.24, 2.45) is 0 Å². The van der Waals surface area contributed by atoms with Gasteiger partial charge in [0.1, 0.15) is 22.3 Å². The topological polar surface area (TPSA) is 32.8 Å². The molecule has 0 radical (unpaired) electrons. The van der Waals surface area contributed by atoms with Crippen LogP contribution in [0.4, 0.5) is 34.1 Å². The Kier molecular flexibility index (Phi) is 11.4. The second-order valence-electron chi connectivity index (χ2n) is 21.5. The third-order valence-electron chi connectivity index (χ3n) is 15.8. The molecule has 0 amide bonds. The summed E-state index contributed by atoms with van der Waals surface area (Å²) in [6, 6.07) is 75.5. The van der Waals surface area contributed by atoms with Gasteiger partial charge < -0.3 is 18.6 Å². The fourth-order valence-corrected chi connectivity index (χ4v) is 11.9. The summed E-state index contributed by atoms with van der Waals surface area (Å²) in [6.07, 6.45) is 0. The predicted octanol–water partition coefficient (Wildman–Crippen LogP) is 21.5. The zero-order chi connectivity index (χ0) is 51.9. The van der Waals surface area contributed by atoms with E-state index in [9.17, 15) is 0 Å². The molecular formula is C72H60N2O2. The maximum atomic E-state index is 7.38. The van der Waals surface area contributed by atoms with E-state index < -0.39 is 0 Å². The van der Waals surface area contributed by atoms with E-state index in [2.05, 4.69) is 271 Å². The second-order valence-corrected chi connectivity index (χ2v) is 21.5. The first-order chi connectivity index (χ1) is 37.0. The molecule has 0 unspecified atom stereocenters. The van der Waals surface area contributed by atoms with Gasteiger partial charge in [0.25, 0.3) is 0 Å². The van der Waals surface area contributed by atoms with Gasteiger partial charge >= 0.3 is 0 Å². The molecule has 0 aliphatic heterocycles. The molecule has 2 heterocycles. The van der Waals surface area contributed by atoms with Crippen molar-refractivity contribution in [3.05, 3.63) is 240 Å². The van der Waals surface area contributed by atoms with Crippen LogP contribution >= 0.6 is 0 Å². The van der Waals surface area contributed by atoms with Gasteiger partial charge in [0.15, 0.2) is 0 Å². The molecule has 13 rings (SSSR count). The van der Waals surface area contributed by atoms with E-state index in [0.717, 1.165) is 110 Å². The molecule has 0 N–H and O–H groups in total. The van der Waals surface area contributed by atoms with Gasteiger partial charge in [-0.3, -0.25) is 0 Å². The minimum atomic E-state index is 0.399. The quantitative estimate of drug-likeness (QED) is 0.137. The summed E-state index contributed by atoms with van der Waals surface area (Å²) < 4.78 is 14.8. The second kappa shape index (κ2) is 18.5. The smallest absolute Gasteiger partial charge is 0.144 e. The summed E-state index contributed by atoms with van der Waals surface area (Å²) in [4.78, 5) is 4.85. The van der Waals surface area contributed by atoms with Crippen LogP contribution in [0.2, 0.25) is 0 Å². The maximum absolute atomic E-state index is 7.38. The number of furan rings is 2. The van der Waals surface area contributed by atoms with Crippen molar-refractivity contribution in [3.8, 4) is 22.3 Å². The van der Waals surface area contributed by atoms with Crippen molar-refractivity contribution >= 4 is 99.5 Å². The van der Waals surface area contributed by atoms with Crippen molar-refractivity contribution < 1.29 is 8.83 Å². The minimum Gasteiger partial charge on any atom is -0.455 e. The average Bonchev–Trinajstić information content (AvgIpc) is 4.06. The molecule has 0 aliphatic carbocycles. The van der Waals surface area contributed by atoms with E-state index in [1.165, 1.54) is 44.8 Å². The lowest BCUT2D eigenvalue weighted by molar-refractivity contribution is 0.666. The van der Waals surface area contributed by atoms with Crippen LogP contribution in [0, 0.1) is 27.7 Å². The first-order valence-corrected chi connectivity index (χ1v) is 26.8. The van der Waals surface area contributed by atoms with Gasteiger partial charge in [0, 0.05) is 55.4 Å². The molecule has 0 bridgehead atoms. The molecule has 4 nitrogen and oxygen atoms in total. The monoisotopic (exact) mass is 984 g/mol. The van der Waals surface area contributed by atoms with Crippen LogP contribution in [0.15, 0.2) is 215 Å². The largest absolute Gasteiger partial charge is 0.455 e. The molecule has 0 spiro atoms. The number of benzene rings is 11. The third-order valence-corrected chi connectivity index (χ3v) is 15.8. The zero-order valence-corrected chi connectivity index (χ0v) is 44.5. The number of para-hydroxylation sites is 2. The summed E-state index contributed by atoms with van der Waals surface area (Å²) >= 11 is 0. The van der Waals surface area contributed by atoms with Gasteiger partial charge in [-0.05, 0) is 178 Å². The highest BCUT2D eigenvalue weighted by atomic mass is 16.3.